The summed E-state index contributed by atoms with van der Waals surface area (Å²) in [7, 11) is -1.39. The van der Waals surface area contributed by atoms with Crippen LogP contribution in [-0.4, -0.2) is 30.5 Å². The molecule has 0 unspecified atom stereocenters. The third-order valence-electron chi connectivity index (χ3n) is 4.19. The van der Waals surface area contributed by atoms with Gasteiger partial charge in [-0.1, -0.05) is 37.3 Å². The Balaban J connectivity index is 1.92. The highest BCUT2D eigenvalue weighted by Gasteiger charge is 2.17. The van der Waals surface area contributed by atoms with Gasteiger partial charge in [-0.2, -0.15) is 5.10 Å². The van der Waals surface area contributed by atoms with Crippen LogP contribution >= 0.6 is 0 Å². The molecule has 0 aliphatic rings. The van der Waals surface area contributed by atoms with Gasteiger partial charge in [-0.25, -0.2) is 13.1 Å². The smallest absolute Gasteiger partial charge is 0.212 e. The molecule has 126 valence electrons. The molecule has 0 bridgehead atoms. The summed E-state index contributed by atoms with van der Waals surface area (Å²) in [6.07, 6.45) is 0.657. The summed E-state index contributed by atoms with van der Waals surface area (Å²) in [5.74, 6) is 0.0673. The molecule has 2 aromatic rings. The summed E-state index contributed by atoms with van der Waals surface area (Å²) < 4.78 is 29.0. The van der Waals surface area contributed by atoms with Crippen LogP contribution in [0.15, 0.2) is 30.3 Å². The largest absolute Gasteiger partial charge is 0.272 e. The van der Waals surface area contributed by atoms with Crippen LogP contribution in [0.5, 0.6) is 0 Å². The summed E-state index contributed by atoms with van der Waals surface area (Å²) >= 11 is 0. The van der Waals surface area contributed by atoms with E-state index in [9.17, 15) is 8.42 Å². The van der Waals surface area contributed by atoms with Crippen molar-refractivity contribution in [2.24, 2.45) is 7.05 Å². The fraction of sp³-hybridized carbons (Fsp3) is 0.471. The van der Waals surface area contributed by atoms with Gasteiger partial charge in [0.1, 0.15) is 0 Å². The Hall–Kier alpha value is -1.66. The molecule has 6 heteroatoms. The van der Waals surface area contributed by atoms with Gasteiger partial charge in [-0.3, -0.25) is 4.68 Å². The quantitative estimate of drug-likeness (QED) is 0.844. The first kappa shape index (κ1) is 17.7. The van der Waals surface area contributed by atoms with Crippen molar-refractivity contribution < 1.29 is 8.42 Å². The molecule has 0 fully saturated rings. The first-order valence-corrected chi connectivity index (χ1v) is 9.46. The van der Waals surface area contributed by atoms with Crippen molar-refractivity contribution in [1.82, 2.24) is 14.5 Å². The zero-order valence-corrected chi connectivity index (χ0v) is 15.0. The molecular formula is C17H25N3O2S. The van der Waals surface area contributed by atoms with E-state index in [1.165, 1.54) is 0 Å². The van der Waals surface area contributed by atoms with Gasteiger partial charge in [-0.05, 0) is 37.3 Å². The minimum absolute atomic E-state index is 0.0319. The van der Waals surface area contributed by atoms with Gasteiger partial charge >= 0.3 is 0 Å². The molecule has 23 heavy (non-hydrogen) atoms. The monoisotopic (exact) mass is 335 g/mol. The Morgan fingerprint density at radius 1 is 1.22 bits per heavy atom. The Bertz CT molecular complexity index is 752. The Morgan fingerprint density at radius 3 is 2.43 bits per heavy atom. The first-order valence-electron chi connectivity index (χ1n) is 7.81. The molecule has 1 heterocycles. The molecule has 0 amide bonds. The molecule has 5 nitrogen and oxygen atoms in total. The molecule has 1 aromatic carbocycles. The first-order chi connectivity index (χ1) is 10.8. The van der Waals surface area contributed by atoms with Gasteiger partial charge in [0.05, 0.1) is 11.4 Å². The lowest BCUT2D eigenvalue weighted by Crippen LogP contribution is -2.30. The van der Waals surface area contributed by atoms with Gasteiger partial charge in [0, 0.05) is 19.3 Å². The van der Waals surface area contributed by atoms with Gasteiger partial charge in [0.15, 0.2) is 0 Å². The number of nitrogens with one attached hydrogen (secondary N) is 1. The van der Waals surface area contributed by atoms with E-state index in [1.54, 1.807) is 0 Å². The van der Waals surface area contributed by atoms with Crippen molar-refractivity contribution in [2.75, 3.05) is 12.3 Å². The van der Waals surface area contributed by atoms with Gasteiger partial charge < -0.3 is 0 Å². The molecule has 0 saturated carbocycles. The lowest BCUT2D eigenvalue weighted by molar-refractivity contribution is 0.576. The minimum Gasteiger partial charge on any atom is -0.272 e. The second-order valence-electron chi connectivity index (χ2n) is 6.01. The number of aromatic nitrogens is 2. The summed E-state index contributed by atoms with van der Waals surface area (Å²) in [6, 6.07) is 9.71. The number of sulfonamides is 1. The van der Waals surface area contributed by atoms with E-state index in [1.807, 2.05) is 62.8 Å². The lowest BCUT2D eigenvalue weighted by atomic mass is 10.0. The van der Waals surface area contributed by atoms with Gasteiger partial charge in [0.25, 0.3) is 0 Å². The normalized spacial score (nSPS) is 13.2. The Labute approximate surface area is 138 Å². The van der Waals surface area contributed by atoms with Crippen LogP contribution in [0.25, 0.3) is 0 Å². The highest BCUT2D eigenvalue weighted by Crippen LogP contribution is 2.16. The fourth-order valence-electron chi connectivity index (χ4n) is 2.78. The zero-order valence-electron chi connectivity index (χ0n) is 14.2. The van der Waals surface area contributed by atoms with E-state index in [-0.39, 0.29) is 11.7 Å². The number of nitrogens with zero attached hydrogens (tertiary/aromatic N) is 2. The molecule has 1 aromatic heterocycles. The third kappa shape index (κ3) is 4.65. The topological polar surface area (TPSA) is 64.0 Å². The Kier molecular flexibility index (Phi) is 5.59. The van der Waals surface area contributed by atoms with Gasteiger partial charge in [-0.15, -0.1) is 0 Å². The van der Waals surface area contributed by atoms with E-state index in [2.05, 4.69) is 9.82 Å². The number of rotatable bonds is 7. The Morgan fingerprint density at radius 2 is 1.87 bits per heavy atom. The predicted octanol–water partition coefficient (Wildman–Crippen LogP) is 2.30. The van der Waals surface area contributed by atoms with Crippen molar-refractivity contribution >= 4 is 10.0 Å². The molecule has 1 atom stereocenters. The summed E-state index contributed by atoms with van der Waals surface area (Å²) in [5.41, 5.74) is 4.20. The van der Waals surface area contributed by atoms with Crippen molar-refractivity contribution in [3.8, 4) is 0 Å². The average molecular weight is 335 g/mol. The number of hydrogen-bond acceptors (Lipinski definition) is 3. The fourth-order valence-corrected chi connectivity index (χ4v) is 4.16. The van der Waals surface area contributed by atoms with Crippen LogP contribution in [0.3, 0.4) is 0 Å². The van der Waals surface area contributed by atoms with Crippen LogP contribution in [0.1, 0.15) is 35.4 Å². The van der Waals surface area contributed by atoms with Crippen LogP contribution in [0.2, 0.25) is 0 Å². The van der Waals surface area contributed by atoms with Crippen LogP contribution in [0, 0.1) is 13.8 Å². The maximum Gasteiger partial charge on any atom is 0.212 e. The summed E-state index contributed by atoms with van der Waals surface area (Å²) in [4.78, 5) is 0. The van der Waals surface area contributed by atoms with Crippen LogP contribution < -0.4 is 4.72 Å². The molecule has 0 saturated heterocycles. The van der Waals surface area contributed by atoms with Crippen LogP contribution in [0.4, 0.5) is 0 Å². The molecule has 2 rings (SSSR count). The summed E-state index contributed by atoms with van der Waals surface area (Å²) in [5, 5.41) is 4.35. The molecular weight excluding hydrogens is 310 g/mol. The second-order valence-corrected chi connectivity index (χ2v) is 7.86. The molecule has 0 spiro atoms. The van der Waals surface area contributed by atoms with Crippen molar-refractivity contribution in [3.05, 3.63) is 52.8 Å². The maximum absolute atomic E-state index is 12.2. The average Bonchev–Trinajstić information content (AvgIpc) is 2.74. The lowest BCUT2D eigenvalue weighted by Gasteiger charge is -2.13. The number of benzene rings is 1. The zero-order chi connectivity index (χ0) is 17.0. The van der Waals surface area contributed by atoms with Gasteiger partial charge in [0.2, 0.25) is 10.0 Å². The molecule has 1 N–H and O–H groups in total. The van der Waals surface area contributed by atoms with Crippen molar-refractivity contribution in [2.45, 2.75) is 33.1 Å². The van der Waals surface area contributed by atoms with Crippen molar-refractivity contribution in [3.63, 3.8) is 0 Å². The van der Waals surface area contributed by atoms with E-state index >= 15 is 0 Å². The number of aryl methyl sites for hydroxylation is 2. The highest BCUT2D eigenvalue weighted by atomic mass is 32.2. The predicted molar refractivity (Wildman–Crippen MR) is 93.0 cm³/mol. The van der Waals surface area contributed by atoms with E-state index in [4.69, 9.17) is 0 Å². The molecule has 0 aliphatic heterocycles. The maximum atomic E-state index is 12.2. The third-order valence-corrected chi connectivity index (χ3v) is 5.78. The standard InChI is InChI=1S/C17H25N3O2S/c1-13(16-8-6-5-7-9-16)12-23(21,22)18-11-10-17-14(2)19-20(4)15(17)3/h5-9,13,18H,10-12H2,1-4H3/t13-/m1/s1. The van der Waals surface area contributed by atoms with E-state index < -0.39 is 10.0 Å². The number of hydrogen-bond donors (Lipinski definition) is 1. The van der Waals surface area contributed by atoms with E-state index in [0.717, 1.165) is 22.5 Å². The van der Waals surface area contributed by atoms with Crippen molar-refractivity contribution in [1.29, 1.82) is 0 Å². The highest BCUT2D eigenvalue weighted by molar-refractivity contribution is 7.89. The second kappa shape index (κ2) is 7.27. The summed E-state index contributed by atoms with van der Waals surface area (Å²) in [6.45, 7) is 6.29. The van der Waals surface area contributed by atoms with E-state index in [0.29, 0.717) is 13.0 Å². The van der Waals surface area contributed by atoms with Crippen LogP contribution in [-0.2, 0) is 23.5 Å². The minimum atomic E-state index is -3.30. The molecule has 0 aliphatic carbocycles. The SMILES string of the molecule is Cc1nn(C)c(C)c1CCNS(=O)(=O)C[C@@H](C)c1ccccc1. The molecule has 0 radical (unpaired) electrons.